The highest BCUT2D eigenvalue weighted by molar-refractivity contribution is 6.25. The van der Waals surface area contributed by atoms with Gasteiger partial charge in [0, 0.05) is 33.5 Å². The first kappa shape index (κ1) is 35.2. The molecule has 0 saturated heterocycles. The maximum atomic E-state index is 2.42. The third kappa shape index (κ3) is 6.32. The Morgan fingerprint density at radius 1 is 0.283 bits per heavy atom. The van der Waals surface area contributed by atoms with Crippen molar-refractivity contribution >= 4 is 49.6 Å². The normalized spacial score (nSPS) is 11.3. The molecule has 0 aliphatic rings. The van der Waals surface area contributed by atoms with E-state index in [0.29, 0.717) is 0 Å². The molecule has 60 heavy (non-hydrogen) atoms. The second-order valence-electron chi connectivity index (χ2n) is 15.3. The molecule has 0 amide bonds. The van der Waals surface area contributed by atoms with E-state index in [1.54, 1.807) is 0 Å². The Labute approximate surface area is 350 Å². The van der Waals surface area contributed by atoms with Gasteiger partial charge in [-0.1, -0.05) is 176 Å². The molecule has 0 aliphatic carbocycles. The molecule has 0 atom stereocenters. The van der Waals surface area contributed by atoms with Crippen molar-refractivity contribution in [2.24, 2.45) is 0 Å². The molecular formula is C58H40N2. The van der Waals surface area contributed by atoms with Gasteiger partial charge in [-0.15, -0.1) is 0 Å². The van der Waals surface area contributed by atoms with E-state index in [2.05, 4.69) is 252 Å². The van der Waals surface area contributed by atoms with Crippen LogP contribution in [0.2, 0.25) is 0 Å². The topological polar surface area (TPSA) is 8.17 Å². The lowest BCUT2D eigenvalue weighted by Gasteiger charge is -2.27. The molecule has 0 fully saturated rings. The fraction of sp³-hybridized carbons (Fsp3) is 0. The third-order valence-corrected chi connectivity index (χ3v) is 11.8. The van der Waals surface area contributed by atoms with Gasteiger partial charge < -0.3 is 9.47 Å². The second-order valence-corrected chi connectivity index (χ2v) is 15.3. The fourth-order valence-corrected chi connectivity index (χ4v) is 8.95. The van der Waals surface area contributed by atoms with Gasteiger partial charge in [-0.2, -0.15) is 0 Å². The lowest BCUT2D eigenvalue weighted by molar-refractivity contribution is 1.18. The predicted molar refractivity (Wildman–Crippen MR) is 255 cm³/mol. The molecule has 11 rings (SSSR count). The van der Waals surface area contributed by atoms with Crippen molar-refractivity contribution in [1.29, 1.82) is 0 Å². The molecule has 1 aromatic heterocycles. The van der Waals surface area contributed by atoms with Gasteiger partial charge in [0.1, 0.15) is 0 Å². The Morgan fingerprint density at radius 3 is 1.47 bits per heavy atom. The van der Waals surface area contributed by atoms with Crippen molar-refractivity contribution in [3.63, 3.8) is 0 Å². The monoisotopic (exact) mass is 764 g/mol. The molecular weight excluding hydrogens is 725 g/mol. The standard InChI is InChI=1S/C58H40N2/c1-4-16-41(17-5-1)45-21-12-22-46(38-45)43-32-35-50(36-33-43)59(51-27-13-23-47(39-51)42-18-6-2-7-19-42)52-28-14-24-48(40-52)54-30-15-31-55-58(54)57-53-29-11-10-20-44(53)34-37-56(57)60(55)49-25-8-3-9-26-49/h1-40H. The quantitative estimate of drug-likeness (QED) is 0.150. The third-order valence-electron chi connectivity index (χ3n) is 11.8. The number of anilines is 3. The first-order valence-corrected chi connectivity index (χ1v) is 20.6. The highest BCUT2D eigenvalue weighted by atomic mass is 15.1. The fourth-order valence-electron chi connectivity index (χ4n) is 8.95. The highest BCUT2D eigenvalue weighted by Gasteiger charge is 2.20. The van der Waals surface area contributed by atoms with Crippen LogP contribution < -0.4 is 4.90 Å². The zero-order valence-corrected chi connectivity index (χ0v) is 33.0. The van der Waals surface area contributed by atoms with E-state index < -0.39 is 0 Å². The van der Waals surface area contributed by atoms with Gasteiger partial charge in [0.15, 0.2) is 0 Å². The number of para-hydroxylation sites is 1. The summed E-state index contributed by atoms with van der Waals surface area (Å²) < 4.78 is 2.42. The van der Waals surface area contributed by atoms with Crippen LogP contribution in [0.4, 0.5) is 17.1 Å². The van der Waals surface area contributed by atoms with Gasteiger partial charge >= 0.3 is 0 Å². The van der Waals surface area contributed by atoms with E-state index in [-0.39, 0.29) is 0 Å². The smallest absolute Gasteiger partial charge is 0.0547 e. The largest absolute Gasteiger partial charge is 0.310 e. The van der Waals surface area contributed by atoms with E-state index in [1.807, 2.05) is 0 Å². The summed E-state index contributed by atoms with van der Waals surface area (Å²) in [4.78, 5) is 2.39. The summed E-state index contributed by atoms with van der Waals surface area (Å²) in [7, 11) is 0. The lowest BCUT2D eigenvalue weighted by Crippen LogP contribution is -2.10. The SMILES string of the molecule is c1ccc(-c2cccc(-c3ccc(N(c4cccc(-c5ccccc5)c4)c4cccc(-c5cccc6c5c5c7ccccc7ccc5n6-c5ccccc5)c4)cc3)c2)cc1. The molecule has 2 nitrogen and oxygen atoms in total. The second kappa shape index (κ2) is 15.1. The number of benzene rings is 10. The number of nitrogens with zero attached hydrogens (tertiary/aromatic N) is 2. The minimum absolute atomic E-state index is 1.09. The molecule has 0 unspecified atom stereocenters. The minimum atomic E-state index is 1.09. The molecule has 0 N–H and O–H groups in total. The van der Waals surface area contributed by atoms with E-state index in [1.165, 1.54) is 71.5 Å². The lowest BCUT2D eigenvalue weighted by atomic mass is 9.96. The first-order chi connectivity index (χ1) is 29.8. The molecule has 11 aromatic rings. The zero-order chi connectivity index (χ0) is 39.8. The van der Waals surface area contributed by atoms with Crippen LogP contribution >= 0.6 is 0 Å². The van der Waals surface area contributed by atoms with Crippen molar-refractivity contribution in [3.05, 3.63) is 243 Å². The molecule has 282 valence electrons. The van der Waals surface area contributed by atoms with Crippen LogP contribution in [0.1, 0.15) is 0 Å². The van der Waals surface area contributed by atoms with Gasteiger partial charge in [-0.05, 0) is 122 Å². The predicted octanol–water partition coefficient (Wildman–Crippen LogP) is 16.1. The molecule has 0 saturated carbocycles. The number of aromatic nitrogens is 1. The maximum Gasteiger partial charge on any atom is 0.0547 e. The summed E-state index contributed by atoms with van der Waals surface area (Å²) >= 11 is 0. The average Bonchev–Trinajstić information content (AvgIpc) is 3.68. The van der Waals surface area contributed by atoms with E-state index in [0.717, 1.165) is 28.3 Å². The van der Waals surface area contributed by atoms with Gasteiger partial charge in [0.25, 0.3) is 0 Å². The van der Waals surface area contributed by atoms with Gasteiger partial charge in [0.05, 0.1) is 11.0 Å². The average molecular weight is 765 g/mol. The van der Waals surface area contributed by atoms with Crippen molar-refractivity contribution in [2.75, 3.05) is 4.90 Å². The van der Waals surface area contributed by atoms with E-state index >= 15 is 0 Å². The minimum Gasteiger partial charge on any atom is -0.310 e. The van der Waals surface area contributed by atoms with Crippen molar-refractivity contribution < 1.29 is 0 Å². The van der Waals surface area contributed by atoms with Gasteiger partial charge in [-0.25, -0.2) is 0 Å². The Kier molecular flexibility index (Phi) is 8.87. The molecule has 0 aliphatic heterocycles. The Balaban J connectivity index is 1.08. The molecule has 0 bridgehead atoms. The van der Waals surface area contributed by atoms with Crippen LogP contribution in [0.5, 0.6) is 0 Å². The van der Waals surface area contributed by atoms with E-state index in [4.69, 9.17) is 0 Å². The molecule has 10 aromatic carbocycles. The number of fused-ring (bicyclic) bond motifs is 5. The van der Waals surface area contributed by atoms with Gasteiger partial charge in [0.2, 0.25) is 0 Å². The van der Waals surface area contributed by atoms with Gasteiger partial charge in [-0.3, -0.25) is 0 Å². The summed E-state index contributed by atoms with van der Waals surface area (Å²) in [6, 6.07) is 87.8. The van der Waals surface area contributed by atoms with E-state index in [9.17, 15) is 0 Å². The van der Waals surface area contributed by atoms with Crippen LogP contribution in [0.3, 0.4) is 0 Å². The summed E-state index contributed by atoms with van der Waals surface area (Å²) in [5.74, 6) is 0. The van der Waals surface area contributed by atoms with Crippen molar-refractivity contribution in [1.82, 2.24) is 4.57 Å². The molecule has 2 heteroatoms. The maximum absolute atomic E-state index is 2.42. The number of rotatable bonds is 8. The van der Waals surface area contributed by atoms with Crippen LogP contribution in [-0.2, 0) is 0 Å². The Bertz CT molecular complexity index is 3290. The number of hydrogen-bond acceptors (Lipinski definition) is 1. The summed E-state index contributed by atoms with van der Waals surface area (Å²) in [6.45, 7) is 0. The summed E-state index contributed by atoms with van der Waals surface area (Å²) in [5.41, 5.74) is 16.3. The van der Waals surface area contributed by atoms with Crippen LogP contribution in [0, 0.1) is 0 Å². The first-order valence-electron chi connectivity index (χ1n) is 20.6. The van der Waals surface area contributed by atoms with Crippen LogP contribution in [0.25, 0.3) is 82.8 Å². The Morgan fingerprint density at radius 2 is 0.783 bits per heavy atom. The van der Waals surface area contributed by atoms with Crippen LogP contribution in [-0.4, -0.2) is 4.57 Å². The Hall–Kier alpha value is -7.94. The summed E-state index contributed by atoms with van der Waals surface area (Å²) in [6.07, 6.45) is 0. The molecule has 1 heterocycles. The van der Waals surface area contributed by atoms with Crippen LogP contribution in [0.15, 0.2) is 243 Å². The van der Waals surface area contributed by atoms with Crippen molar-refractivity contribution in [2.45, 2.75) is 0 Å². The highest BCUT2D eigenvalue weighted by Crippen LogP contribution is 2.44. The summed E-state index contributed by atoms with van der Waals surface area (Å²) in [5, 5.41) is 5.02. The number of hydrogen-bond donors (Lipinski definition) is 0. The zero-order valence-electron chi connectivity index (χ0n) is 33.0. The molecule has 0 radical (unpaired) electrons. The van der Waals surface area contributed by atoms with Crippen molar-refractivity contribution in [3.8, 4) is 50.2 Å². The molecule has 0 spiro atoms.